The van der Waals surface area contributed by atoms with Gasteiger partial charge in [-0.3, -0.25) is 9.59 Å². The number of nitrogens with zero attached hydrogens (tertiary/aromatic N) is 2. The van der Waals surface area contributed by atoms with E-state index in [1.54, 1.807) is 4.90 Å². The van der Waals surface area contributed by atoms with Crippen LogP contribution >= 0.6 is 0 Å². The first-order valence-corrected chi connectivity index (χ1v) is 8.21. The quantitative estimate of drug-likeness (QED) is 0.849. The first kappa shape index (κ1) is 16.8. The van der Waals surface area contributed by atoms with E-state index in [2.05, 4.69) is 24.3 Å². The number of hydrogen-bond donors (Lipinski definition) is 1. The Bertz CT molecular complexity index is 615. The first-order valence-electron chi connectivity index (χ1n) is 8.21. The molecule has 0 spiro atoms. The van der Waals surface area contributed by atoms with E-state index < -0.39 is 0 Å². The minimum Gasteiger partial charge on any atom is -0.479 e. The summed E-state index contributed by atoms with van der Waals surface area (Å²) in [7, 11) is 1.46. The molecule has 3 rings (SSSR count). The Morgan fingerprint density at radius 1 is 1.46 bits per heavy atom. The molecule has 24 heavy (non-hydrogen) atoms. The van der Waals surface area contributed by atoms with E-state index in [4.69, 9.17) is 14.0 Å². The fourth-order valence-electron chi connectivity index (χ4n) is 3.15. The van der Waals surface area contributed by atoms with Gasteiger partial charge in [0.2, 0.25) is 11.7 Å². The maximum Gasteiger partial charge on any atom is 0.292 e. The Labute approximate surface area is 140 Å². The summed E-state index contributed by atoms with van der Waals surface area (Å²) in [5.74, 6) is 0.333. The molecule has 2 bridgehead atoms. The van der Waals surface area contributed by atoms with Gasteiger partial charge < -0.3 is 24.2 Å². The number of nitrogens with one attached hydrogen (secondary N) is 1. The lowest BCUT2D eigenvalue weighted by Crippen LogP contribution is -2.48. The Morgan fingerprint density at radius 2 is 2.25 bits per heavy atom. The molecule has 132 valence electrons. The number of amides is 2. The first-order chi connectivity index (χ1) is 11.5. The Balaban J connectivity index is 1.63. The molecule has 3 heterocycles. The third-order valence-electron chi connectivity index (χ3n) is 4.37. The van der Waals surface area contributed by atoms with Gasteiger partial charge in [0.15, 0.2) is 0 Å². The molecule has 2 aliphatic rings. The molecular formula is C16H23N3O5. The van der Waals surface area contributed by atoms with Crippen molar-refractivity contribution in [1.82, 2.24) is 15.4 Å². The van der Waals surface area contributed by atoms with Crippen molar-refractivity contribution in [2.75, 3.05) is 26.7 Å². The average molecular weight is 337 g/mol. The second-order valence-corrected chi connectivity index (χ2v) is 6.72. The molecule has 0 radical (unpaired) electrons. The summed E-state index contributed by atoms with van der Waals surface area (Å²) in [6, 6.07) is 1.46. The number of likely N-dealkylation sites (tertiary alicyclic amines) is 1. The zero-order chi connectivity index (χ0) is 17.3. The van der Waals surface area contributed by atoms with Gasteiger partial charge in [0.25, 0.3) is 11.8 Å². The Kier molecular flexibility index (Phi) is 4.75. The predicted octanol–water partition coefficient (Wildman–Crippen LogP) is 0.685. The van der Waals surface area contributed by atoms with Crippen LogP contribution in [0.2, 0.25) is 0 Å². The van der Waals surface area contributed by atoms with Crippen LogP contribution in [0.4, 0.5) is 0 Å². The Morgan fingerprint density at radius 3 is 2.92 bits per heavy atom. The number of ether oxygens (including phenoxy) is 2. The van der Waals surface area contributed by atoms with Crippen LogP contribution in [-0.4, -0.2) is 60.8 Å². The highest BCUT2D eigenvalue weighted by molar-refractivity contribution is 5.92. The van der Waals surface area contributed by atoms with Crippen LogP contribution in [0.5, 0.6) is 5.88 Å². The third-order valence-corrected chi connectivity index (χ3v) is 4.37. The van der Waals surface area contributed by atoms with E-state index in [1.165, 1.54) is 13.2 Å². The topological polar surface area (TPSA) is 93.9 Å². The SMILES string of the molecule is COc1cc(C(=O)N2CC3CC(C(=O)NCC(C)C)C(C2)O3)on1. The molecule has 0 aromatic carbocycles. The van der Waals surface area contributed by atoms with Crippen LogP contribution in [0.3, 0.4) is 0 Å². The summed E-state index contributed by atoms with van der Waals surface area (Å²) in [4.78, 5) is 26.5. The third kappa shape index (κ3) is 3.38. The van der Waals surface area contributed by atoms with Crippen LogP contribution in [0.1, 0.15) is 30.8 Å². The molecule has 1 aromatic heterocycles. The van der Waals surface area contributed by atoms with Crippen LogP contribution in [0.15, 0.2) is 10.6 Å². The molecule has 0 saturated carbocycles. The molecule has 8 heteroatoms. The number of carbonyl (C=O) groups is 2. The van der Waals surface area contributed by atoms with E-state index >= 15 is 0 Å². The molecule has 2 saturated heterocycles. The van der Waals surface area contributed by atoms with Gasteiger partial charge in [-0.15, -0.1) is 0 Å². The minimum atomic E-state index is -0.273. The van der Waals surface area contributed by atoms with Crippen molar-refractivity contribution in [3.63, 3.8) is 0 Å². The number of hydrogen-bond acceptors (Lipinski definition) is 6. The molecule has 0 aliphatic carbocycles. The molecule has 2 fully saturated rings. The van der Waals surface area contributed by atoms with Crippen LogP contribution in [-0.2, 0) is 9.53 Å². The van der Waals surface area contributed by atoms with Crippen molar-refractivity contribution < 1.29 is 23.6 Å². The standard InChI is InChI=1S/C16H23N3O5/c1-9(2)6-17-15(20)11-4-10-7-19(8-13(11)23-10)16(21)12-5-14(22-3)18-24-12/h5,9-11,13H,4,6-8H2,1-3H3,(H,17,20). The molecule has 1 N–H and O–H groups in total. The zero-order valence-corrected chi connectivity index (χ0v) is 14.2. The number of methoxy groups -OCH3 is 1. The summed E-state index contributed by atoms with van der Waals surface area (Å²) in [5, 5.41) is 6.60. The van der Waals surface area contributed by atoms with Gasteiger partial charge in [-0.2, -0.15) is 0 Å². The summed E-state index contributed by atoms with van der Waals surface area (Å²) < 4.78 is 15.8. The van der Waals surface area contributed by atoms with Gasteiger partial charge in [-0.1, -0.05) is 13.8 Å². The molecule has 3 unspecified atom stereocenters. The lowest BCUT2D eigenvalue weighted by atomic mass is 9.99. The maximum absolute atomic E-state index is 12.5. The number of morpholine rings is 1. The Hall–Kier alpha value is -2.09. The van der Waals surface area contributed by atoms with E-state index in [0.29, 0.717) is 32.0 Å². The van der Waals surface area contributed by atoms with Gasteiger partial charge in [-0.05, 0) is 17.5 Å². The predicted molar refractivity (Wildman–Crippen MR) is 83.6 cm³/mol. The highest BCUT2D eigenvalue weighted by Gasteiger charge is 2.46. The molecule has 2 amide bonds. The summed E-state index contributed by atoms with van der Waals surface area (Å²) >= 11 is 0. The van der Waals surface area contributed by atoms with E-state index in [9.17, 15) is 9.59 Å². The molecule has 3 atom stereocenters. The maximum atomic E-state index is 12.5. The minimum absolute atomic E-state index is 0.00633. The van der Waals surface area contributed by atoms with Crippen LogP contribution < -0.4 is 10.1 Å². The van der Waals surface area contributed by atoms with Gasteiger partial charge in [-0.25, -0.2) is 0 Å². The van der Waals surface area contributed by atoms with Crippen molar-refractivity contribution in [2.24, 2.45) is 11.8 Å². The molecule has 2 aliphatic heterocycles. The number of aromatic nitrogens is 1. The van der Waals surface area contributed by atoms with Crippen molar-refractivity contribution >= 4 is 11.8 Å². The largest absolute Gasteiger partial charge is 0.479 e. The van der Waals surface area contributed by atoms with Crippen LogP contribution in [0.25, 0.3) is 0 Å². The average Bonchev–Trinajstić information content (AvgIpc) is 3.16. The number of carbonyl (C=O) groups excluding carboxylic acids is 2. The second kappa shape index (κ2) is 6.80. The van der Waals surface area contributed by atoms with Gasteiger partial charge in [0.1, 0.15) is 0 Å². The van der Waals surface area contributed by atoms with Gasteiger partial charge >= 0.3 is 0 Å². The van der Waals surface area contributed by atoms with E-state index in [-0.39, 0.29) is 41.6 Å². The highest BCUT2D eigenvalue weighted by Crippen LogP contribution is 2.33. The van der Waals surface area contributed by atoms with Crippen molar-refractivity contribution in [3.05, 3.63) is 11.8 Å². The summed E-state index contributed by atoms with van der Waals surface area (Å²) in [5.41, 5.74) is 0. The normalized spacial score (nSPS) is 25.8. The lowest BCUT2D eigenvalue weighted by molar-refractivity contribution is -0.127. The molecular weight excluding hydrogens is 314 g/mol. The van der Waals surface area contributed by atoms with Crippen molar-refractivity contribution in [2.45, 2.75) is 32.5 Å². The van der Waals surface area contributed by atoms with E-state index in [0.717, 1.165) is 0 Å². The summed E-state index contributed by atoms with van der Waals surface area (Å²) in [6.45, 7) is 5.57. The fraction of sp³-hybridized carbons (Fsp3) is 0.688. The monoisotopic (exact) mass is 337 g/mol. The van der Waals surface area contributed by atoms with E-state index in [1.807, 2.05) is 0 Å². The molecule has 1 aromatic rings. The highest BCUT2D eigenvalue weighted by atomic mass is 16.5. The molecule has 8 nitrogen and oxygen atoms in total. The van der Waals surface area contributed by atoms with Crippen LogP contribution in [0, 0.1) is 11.8 Å². The zero-order valence-electron chi connectivity index (χ0n) is 14.2. The second-order valence-electron chi connectivity index (χ2n) is 6.72. The van der Waals surface area contributed by atoms with Gasteiger partial charge in [0.05, 0.1) is 31.3 Å². The number of rotatable bonds is 5. The van der Waals surface area contributed by atoms with Gasteiger partial charge in [0, 0.05) is 19.6 Å². The smallest absolute Gasteiger partial charge is 0.292 e. The van der Waals surface area contributed by atoms with Crippen molar-refractivity contribution in [1.29, 1.82) is 0 Å². The fourth-order valence-corrected chi connectivity index (χ4v) is 3.15. The van der Waals surface area contributed by atoms with Crippen molar-refractivity contribution in [3.8, 4) is 5.88 Å². The summed E-state index contributed by atoms with van der Waals surface area (Å²) in [6.07, 6.45) is 0.245. The number of fused-ring (bicyclic) bond motifs is 2. The lowest BCUT2D eigenvalue weighted by Gasteiger charge is -2.32.